The summed E-state index contributed by atoms with van der Waals surface area (Å²) in [5.41, 5.74) is 7.48. The molecule has 1 amide bonds. The van der Waals surface area contributed by atoms with Gasteiger partial charge in [-0.15, -0.1) is 12.4 Å². The van der Waals surface area contributed by atoms with Crippen LogP contribution in [0.2, 0.25) is 0 Å². The summed E-state index contributed by atoms with van der Waals surface area (Å²) in [7, 11) is 0. The fourth-order valence-electron chi connectivity index (χ4n) is 2.90. The molecular formula is C21H23ClN2O2. The summed E-state index contributed by atoms with van der Waals surface area (Å²) in [6.07, 6.45) is 0. The van der Waals surface area contributed by atoms with E-state index in [-0.39, 0.29) is 25.1 Å². The monoisotopic (exact) mass is 370 g/mol. The van der Waals surface area contributed by atoms with E-state index in [2.05, 4.69) is 36.5 Å². The van der Waals surface area contributed by atoms with Crippen molar-refractivity contribution in [2.75, 3.05) is 6.61 Å². The maximum Gasteiger partial charge on any atom is 0.255 e. The summed E-state index contributed by atoms with van der Waals surface area (Å²) in [4.78, 5) is 11.1. The zero-order valence-electron chi connectivity index (χ0n) is 14.6. The summed E-state index contributed by atoms with van der Waals surface area (Å²) >= 11 is 0. The van der Waals surface area contributed by atoms with Crippen molar-refractivity contribution in [2.24, 2.45) is 5.73 Å². The van der Waals surface area contributed by atoms with E-state index in [1.54, 1.807) is 0 Å². The number of hydrogen-bond acceptors (Lipinski definition) is 3. The second-order valence-corrected chi connectivity index (χ2v) is 6.03. The molecule has 0 bridgehead atoms. The molecule has 0 spiro atoms. The van der Waals surface area contributed by atoms with Crippen molar-refractivity contribution in [1.29, 1.82) is 0 Å². The van der Waals surface area contributed by atoms with Gasteiger partial charge in [0, 0.05) is 18.2 Å². The average Bonchev–Trinajstić information content (AvgIpc) is 2.65. The van der Waals surface area contributed by atoms with Crippen LogP contribution in [0.3, 0.4) is 0 Å². The highest BCUT2D eigenvalue weighted by atomic mass is 35.5. The Hall–Kier alpha value is -2.56. The Labute approximate surface area is 159 Å². The Bertz CT molecular complexity index is 868. The van der Waals surface area contributed by atoms with Crippen LogP contribution >= 0.6 is 12.4 Å². The summed E-state index contributed by atoms with van der Waals surface area (Å²) in [6.45, 7) is 2.63. The van der Waals surface area contributed by atoms with Crippen molar-refractivity contribution in [1.82, 2.24) is 5.32 Å². The minimum absolute atomic E-state index is 0. The summed E-state index contributed by atoms with van der Waals surface area (Å²) < 4.78 is 5.63. The van der Waals surface area contributed by atoms with Gasteiger partial charge >= 0.3 is 0 Å². The van der Waals surface area contributed by atoms with E-state index in [0.717, 1.165) is 16.3 Å². The van der Waals surface area contributed by atoms with Crippen LogP contribution in [0.5, 0.6) is 5.75 Å². The zero-order valence-corrected chi connectivity index (χ0v) is 15.5. The van der Waals surface area contributed by atoms with E-state index < -0.39 is 5.91 Å². The lowest BCUT2D eigenvalue weighted by Gasteiger charge is -2.18. The quantitative estimate of drug-likeness (QED) is 0.661. The van der Waals surface area contributed by atoms with E-state index in [4.69, 9.17) is 10.5 Å². The van der Waals surface area contributed by atoms with E-state index in [1.807, 2.05) is 42.5 Å². The van der Waals surface area contributed by atoms with Gasteiger partial charge in [-0.3, -0.25) is 4.79 Å². The Balaban J connectivity index is 0.00000243. The molecule has 3 rings (SSSR count). The van der Waals surface area contributed by atoms with Gasteiger partial charge in [-0.25, -0.2) is 0 Å². The van der Waals surface area contributed by atoms with Crippen LogP contribution in [0, 0.1) is 0 Å². The minimum Gasteiger partial charge on any atom is -0.483 e. The zero-order chi connectivity index (χ0) is 17.6. The van der Waals surface area contributed by atoms with Crippen LogP contribution in [0.4, 0.5) is 0 Å². The molecule has 1 unspecified atom stereocenters. The Morgan fingerprint density at radius 1 is 1.04 bits per heavy atom. The van der Waals surface area contributed by atoms with Gasteiger partial charge < -0.3 is 15.8 Å². The van der Waals surface area contributed by atoms with E-state index in [9.17, 15) is 4.79 Å². The van der Waals surface area contributed by atoms with Crippen LogP contribution < -0.4 is 15.8 Å². The van der Waals surface area contributed by atoms with Crippen molar-refractivity contribution in [3.05, 3.63) is 77.9 Å². The van der Waals surface area contributed by atoms with Gasteiger partial charge in [-0.05, 0) is 29.3 Å². The number of hydrogen-bond donors (Lipinski definition) is 2. The summed E-state index contributed by atoms with van der Waals surface area (Å²) in [5, 5.41) is 5.78. The number of rotatable bonds is 7. The summed E-state index contributed by atoms with van der Waals surface area (Å²) in [5.74, 6) is 0.204. The number of ether oxygens (including phenoxy) is 1. The first-order valence-corrected chi connectivity index (χ1v) is 8.35. The smallest absolute Gasteiger partial charge is 0.255 e. The Kier molecular flexibility index (Phi) is 7.01. The highest BCUT2D eigenvalue weighted by Gasteiger charge is 2.12. The largest absolute Gasteiger partial charge is 0.483 e. The van der Waals surface area contributed by atoms with Crippen LogP contribution in [0.1, 0.15) is 24.1 Å². The van der Waals surface area contributed by atoms with Crippen molar-refractivity contribution in [2.45, 2.75) is 19.5 Å². The van der Waals surface area contributed by atoms with E-state index in [0.29, 0.717) is 12.3 Å². The molecule has 5 heteroatoms. The van der Waals surface area contributed by atoms with Crippen molar-refractivity contribution < 1.29 is 9.53 Å². The van der Waals surface area contributed by atoms with Crippen LogP contribution in [0.15, 0.2) is 66.7 Å². The molecule has 0 aliphatic heterocycles. The molecule has 0 radical (unpaired) electrons. The molecule has 0 aromatic heterocycles. The van der Waals surface area contributed by atoms with Crippen molar-refractivity contribution in [3.8, 4) is 5.75 Å². The number of amides is 1. The summed E-state index contributed by atoms with van der Waals surface area (Å²) in [6, 6.07) is 22.5. The lowest BCUT2D eigenvalue weighted by Crippen LogP contribution is -2.22. The molecule has 0 aliphatic carbocycles. The first-order chi connectivity index (χ1) is 12.1. The van der Waals surface area contributed by atoms with Crippen LogP contribution in [0.25, 0.3) is 10.8 Å². The lowest BCUT2D eigenvalue weighted by molar-refractivity contribution is -0.119. The maximum atomic E-state index is 11.1. The SMILES string of the molecule is CC(NCc1c(OCC(N)=O)ccc2ccccc12)c1ccccc1.Cl. The number of nitrogens with one attached hydrogen (secondary N) is 1. The van der Waals surface area contributed by atoms with Gasteiger partial charge in [0.1, 0.15) is 5.75 Å². The second kappa shape index (κ2) is 9.22. The molecule has 136 valence electrons. The second-order valence-electron chi connectivity index (χ2n) is 6.03. The van der Waals surface area contributed by atoms with Gasteiger partial charge in [0.25, 0.3) is 5.91 Å². The van der Waals surface area contributed by atoms with Gasteiger partial charge in [-0.1, -0.05) is 60.7 Å². The maximum absolute atomic E-state index is 11.1. The van der Waals surface area contributed by atoms with Crippen molar-refractivity contribution in [3.63, 3.8) is 0 Å². The van der Waals surface area contributed by atoms with Gasteiger partial charge in [0.2, 0.25) is 0 Å². The standard InChI is InChI=1S/C21H22N2O2.ClH/c1-15(16-7-3-2-4-8-16)23-13-19-18-10-6-5-9-17(18)11-12-20(19)25-14-21(22)24;/h2-12,15,23H,13-14H2,1H3,(H2,22,24);1H. The molecular weight excluding hydrogens is 348 g/mol. The van der Waals surface area contributed by atoms with Gasteiger partial charge in [0.15, 0.2) is 6.61 Å². The van der Waals surface area contributed by atoms with Gasteiger partial charge in [-0.2, -0.15) is 0 Å². The molecule has 26 heavy (non-hydrogen) atoms. The molecule has 0 saturated heterocycles. The topological polar surface area (TPSA) is 64.3 Å². The minimum atomic E-state index is -0.482. The fraction of sp³-hybridized carbons (Fsp3) is 0.190. The normalized spacial score (nSPS) is 11.6. The predicted octanol–water partition coefficient (Wildman–Crippen LogP) is 3.98. The fourth-order valence-corrected chi connectivity index (χ4v) is 2.90. The molecule has 0 saturated carbocycles. The van der Waals surface area contributed by atoms with Gasteiger partial charge in [0.05, 0.1) is 0 Å². The van der Waals surface area contributed by atoms with E-state index in [1.165, 1.54) is 5.56 Å². The Morgan fingerprint density at radius 3 is 2.46 bits per heavy atom. The third kappa shape index (κ3) is 4.75. The van der Waals surface area contributed by atoms with Crippen LogP contribution in [-0.2, 0) is 11.3 Å². The number of halogens is 1. The number of carbonyl (C=O) groups excluding carboxylic acids is 1. The molecule has 3 N–H and O–H groups in total. The number of primary amides is 1. The first-order valence-electron chi connectivity index (χ1n) is 8.35. The molecule has 4 nitrogen and oxygen atoms in total. The highest BCUT2D eigenvalue weighted by molar-refractivity contribution is 5.88. The van der Waals surface area contributed by atoms with E-state index >= 15 is 0 Å². The molecule has 3 aromatic carbocycles. The molecule has 0 heterocycles. The number of benzene rings is 3. The lowest BCUT2D eigenvalue weighted by atomic mass is 10.0. The average molecular weight is 371 g/mol. The molecule has 1 atom stereocenters. The first kappa shape index (κ1) is 19.8. The third-order valence-electron chi connectivity index (χ3n) is 4.25. The highest BCUT2D eigenvalue weighted by Crippen LogP contribution is 2.28. The predicted molar refractivity (Wildman–Crippen MR) is 108 cm³/mol. The molecule has 0 aliphatic rings. The van der Waals surface area contributed by atoms with Crippen LogP contribution in [-0.4, -0.2) is 12.5 Å². The number of nitrogens with two attached hydrogens (primary N) is 1. The molecule has 0 fully saturated rings. The molecule has 3 aromatic rings. The Morgan fingerprint density at radius 2 is 1.73 bits per heavy atom. The van der Waals surface area contributed by atoms with Crippen molar-refractivity contribution >= 4 is 29.1 Å². The number of fused-ring (bicyclic) bond motifs is 1. The third-order valence-corrected chi connectivity index (χ3v) is 4.25. The number of carbonyl (C=O) groups is 1.